The van der Waals surface area contributed by atoms with Crippen LogP contribution in [0.5, 0.6) is 0 Å². The van der Waals surface area contributed by atoms with E-state index in [1.807, 2.05) is 0 Å². The van der Waals surface area contributed by atoms with Crippen LogP contribution in [0.1, 0.15) is 10.4 Å². The van der Waals surface area contributed by atoms with Gasteiger partial charge in [-0.25, -0.2) is 4.79 Å². The fourth-order valence-electron chi connectivity index (χ4n) is 1.70. The van der Waals surface area contributed by atoms with Gasteiger partial charge in [0.2, 0.25) is 0 Å². The third kappa shape index (κ3) is 3.21. The van der Waals surface area contributed by atoms with Crippen LogP contribution >= 0.6 is 0 Å². The molecule has 1 aliphatic rings. The van der Waals surface area contributed by atoms with Crippen molar-refractivity contribution in [1.29, 1.82) is 0 Å². The average Bonchev–Trinajstić information content (AvgIpc) is 2.41. The summed E-state index contributed by atoms with van der Waals surface area (Å²) in [6.07, 6.45) is -0.729. The second-order valence-electron chi connectivity index (χ2n) is 4.03. The molecule has 1 aliphatic heterocycles. The Hall–Kier alpha value is -2.12. The molecule has 1 fully saturated rings. The molecule has 0 bridgehead atoms. The number of anilines is 2. The van der Waals surface area contributed by atoms with Crippen LogP contribution in [0.2, 0.25) is 0 Å². The topological polar surface area (TPSA) is 111 Å². The molecule has 102 valence electrons. The van der Waals surface area contributed by atoms with Gasteiger partial charge in [-0.15, -0.1) is 0 Å². The molecule has 0 aliphatic carbocycles. The van der Waals surface area contributed by atoms with Gasteiger partial charge in [0.15, 0.2) is 6.10 Å². The smallest absolute Gasteiger partial charge is 0.337 e. The normalized spacial score (nSPS) is 18.8. The van der Waals surface area contributed by atoms with Gasteiger partial charge >= 0.3 is 5.97 Å². The fraction of sp³-hybridized carbons (Fsp3) is 0.333. The first-order chi connectivity index (χ1) is 9.08. The Labute approximate surface area is 109 Å². The second kappa shape index (κ2) is 5.68. The molecule has 2 rings (SSSR count). The third-order valence-electron chi connectivity index (χ3n) is 2.64. The van der Waals surface area contributed by atoms with Gasteiger partial charge in [-0.1, -0.05) is 0 Å². The minimum Gasteiger partial charge on any atom is -0.478 e. The first kappa shape index (κ1) is 13.3. The predicted octanol–water partition coefficient (Wildman–Crippen LogP) is 0.321. The fourth-order valence-corrected chi connectivity index (χ4v) is 1.70. The molecule has 1 aromatic carbocycles. The number of carboxylic acids is 1. The number of carbonyl (C=O) groups excluding carboxylic acids is 1. The summed E-state index contributed by atoms with van der Waals surface area (Å²) >= 11 is 0. The molecule has 0 spiro atoms. The SMILES string of the molecule is Nc1ccc(NC(=O)C2COCCO2)c(C(=O)O)c1. The van der Waals surface area contributed by atoms with Crippen molar-refractivity contribution in [2.24, 2.45) is 0 Å². The molecule has 0 aromatic heterocycles. The molecule has 4 N–H and O–H groups in total. The highest BCUT2D eigenvalue weighted by Crippen LogP contribution is 2.19. The summed E-state index contributed by atoms with van der Waals surface area (Å²) < 4.78 is 10.3. The predicted molar refractivity (Wildman–Crippen MR) is 67.0 cm³/mol. The van der Waals surface area contributed by atoms with Crippen LogP contribution in [-0.4, -0.2) is 42.9 Å². The maximum Gasteiger partial charge on any atom is 0.337 e. The number of nitrogen functional groups attached to an aromatic ring is 1. The monoisotopic (exact) mass is 266 g/mol. The summed E-state index contributed by atoms with van der Waals surface area (Å²) in [4.78, 5) is 23.0. The number of ether oxygens (including phenoxy) is 2. The van der Waals surface area contributed by atoms with Crippen LogP contribution in [-0.2, 0) is 14.3 Å². The highest BCUT2D eigenvalue weighted by Gasteiger charge is 2.24. The Morgan fingerprint density at radius 3 is 2.79 bits per heavy atom. The zero-order valence-electron chi connectivity index (χ0n) is 10.1. The number of aromatic carboxylic acids is 1. The quantitative estimate of drug-likeness (QED) is 0.679. The van der Waals surface area contributed by atoms with Crippen LogP contribution in [0.15, 0.2) is 18.2 Å². The van der Waals surface area contributed by atoms with E-state index in [0.717, 1.165) is 0 Å². The van der Waals surface area contributed by atoms with E-state index in [2.05, 4.69) is 5.32 Å². The van der Waals surface area contributed by atoms with Crippen LogP contribution < -0.4 is 11.1 Å². The second-order valence-corrected chi connectivity index (χ2v) is 4.03. The highest BCUT2D eigenvalue weighted by molar-refractivity contribution is 6.02. The molecule has 1 aromatic rings. The first-order valence-electron chi connectivity index (χ1n) is 5.71. The van der Waals surface area contributed by atoms with Gasteiger partial charge in [0, 0.05) is 5.69 Å². The van der Waals surface area contributed by atoms with Gasteiger partial charge in [-0.05, 0) is 18.2 Å². The van der Waals surface area contributed by atoms with Crippen molar-refractivity contribution in [2.45, 2.75) is 6.10 Å². The van der Waals surface area contributed by atoms with E-state index in [4.69, 9.17) is 20.3 Å². The molecule has 1 heterocycles. The Morgan fingerprint density at radius 2 is 2.16 bits per heavy atom. The molecule has 1 saturated heterocycles. The number of nitrogens with one attached hydrogen (secondary N) is 1. The largest absolute Gasteiger partial charge is 0.478 e. The van der Waals surface area contributed by atoms with Crippen molar-refractivity contribution in [3.05, 3.63) is 23.8 Å². The van der Waals surface area contributed by atoms with Gasteiger partial charge in [-0.2, -0.15) is 0 Å². The van der Waals surface area contributed by atoms with E-state index in [9.17, 15) is 9.59 Å². The average molecular weight is 266 g/mol. The number of benzene rings is 1. The lowest BCUT2D eigenvalue weighted by atomic mass is 10.1. The van der Waals surface area contributed by atoms with Gasteiger partial charge in [0.1, 0.15) is 0 Å². The van der Waals surface area contributed by atoms with E-state index in [0.29, 0.717) is 18.9 Å². The number of rotatable bonds is 3. The van der Waals surface area contributed by atoms with E-state index in [1.54, 1.807) is 0 Å². The maximum atomic E-state index is 11.9. The number of carboxylic acid groups (broad SMARTS) is 1. The third-order valence-corrected chi connectivity index (χ3v) is 2.64. The van der Waals surface area contributed by atoms with Gasteiger partial charge < -0.3 is 25.6 Å². The van der Waals surface area contributed by atoms with Gasteiger partial charge in [0.05, 0.1) is 31.1 Å². The number of hydrogen-bond donors (Lipinski definition) is 3. The van der Waals surface area contributed by atoms with Crippen LogP contribution in [0.3, 0.4) is 0 Å². The van der Waals surface area contributed by atoms with Crippen molar-refractivity contribution in [2.75, 3.05) is 30.9 Å². The zero-order valence-corrected chi connectivity index (χ0v) is 10.1. The van der Waals surface area contributed by atoms with E-state index >= 15 is 0 Å². The molecule has 1 amide bonds. The molecular weight excluding hydrogens is 252 g/mol. The molecule has 1 unspecified atom stereocenters. The molecule has 7 heteroatoms. The van der Waals surface area contributed by atoms with E-state index < -0.39 is 18.0 Å². The van der Waals surface area contributed by atoms with E-state index in [-0.39, 0.29) is 17.9 Å². The van der Waals surface area contributed by atoms with Crippen molar-refractivity contribution in [3.8, 4) is 0 Å². The number of nitrogens with two attached hydrogens (primary N) is 1. The molecule has 19 heavy (non-hydrogen) atoms. The summed E-state index contributed by atoms with van der Waals surface area (Å²) in [5.41, 5.74) is 5.95. The zero-order chi connectivity index (χ0) is 13.8. The minimum absolute atomic E-state index is 0.0647. The number of hydrogen-bond acceptors (Lipinski definition) is 5. The van der Waals surface area contributed by atoms with Crippen molar-refractivity contribution < 1.29 is 24.2 Å². The highest BCUT2D eigenvalue weighted by atomic mass is 16.6. The Balaban J connectivity index is 2.13. The standard InChI is InChI=1S/C12H14N2O5/c13-7-1-2-9(8(5-7)12(16)17)14-11(15)10-6-18-3-4-19-10/h1-2,5,10H,3-4,6,13H2,(H,14,15)(H,16,17). The summed E-state index contributed by atoms with van der Waals surface area (Å²) in [6, 6.07) is 4.25. The lowest BCUT2D eigenvalue weighted by Crippen LogP contribution is -2.39. The summed E-state index contributed by atoms with van der Waals surface area (Å²) in [6.45, 7) is 0.945. The number of carbonyl (C=O) groups is 2. The lowest BCUT2D eigenvalue weighted by molar-refractivity contribution is -0.142. The summed E-state index contributed by atoms with van der Waals surface area (Å²) in [5.74, 6) is -1.60. The summed E-state index contributed by atoms with van der Waals surface area (Å²) in [5, 5.41) is 11.6. The van der Waals surface area contributed by atoms with Crippen molar-refractivity contribution >= 4 is 23.3 Å². The first-order valence-corrected chi connectivity index (χ1v) is 5.71. The Bertz CT molecular complexity index is 497. The molecule has 0 radical (unpaired) electrons. The Morgan fingerprint density at radius 1 is 1.37 bits per heavy atom. The van der Waals surface area contributed by atoms with Crippen molar-refractivity contribution in [1.82, 2.24) is 0 Å². The maximum absolute atomic E-state index is 11.9. The number of amides is 1. The van der Waals surface area contributed by atoms with Crippen LogP contribution in [0.4, 0.5) is 11.4 Å². The van der Waals surface area contributed by atoms with Crippen LogP contribution in [0.25, 0.3) is 0 Å². The lowest BCUT2D eigenvalue weighted by Gasteiger charge is -2.22. The van der Waals surface area contributed by atoms with Crippen LogP contribution in [0, 0.1) is 0 Å². The molecular formula is C12H14N2O5. The minimum atomic E-state index is -1.16. The molecule has 7 nitrogen and oxygen atoms in total. The Kier molecular flexibility index (Phi) is 3.98. The van der Waals surface area contributed by atoms with Crippen molar-refractivity contribution in [3.63, 3.8) is 0 Å². The van der Waals surface area contributed by atoms with Gasteiger partial charge in [-0.3, -0.25) is 4.79 Å². The van der Waals surface area contributed by atoms with Gasteiger partial charge in [0.25, 0.3) is 5.91 Å². The molecule has 0 saturated carbocycles. The van der Waals surface area contributed by atoms with E-state index in [1.165, 1.54) is 18.2 Å². The summed E-state index contributed by atoms with van der Waals surface area (Å²) in [7, 11) is 0. The molecule has 1 atom stereocenters.